The predicted molar refractivity (Wildman–Crippen MR) is 95.5 cm³/mol. The highest BCUT2D eigenvalue weighted by molar-refractivity contribution is 5.85. The summed E-state index contributed by atoms with van der Waals surface area (Å²) in [7, 11) is 1.81. The molecular weight excluding hydrogens is 331 g/mol. The predicted octanol–water partition coefficient (Wildman–Crippen LogP) is 2.77. The molecule has 24 heavy (non-hydrogen) atoms. The monoisotopic (exact) mass is 354 g/mol. The van der Waals surface area contributed by atoms with Crippen molar-refractivity contribution in [1.82, 2.24) is 15.1 Å². The van der Waals surface area contributed by atoms with Gasteiger partial charge in [-0.1, -0.05) is 12.1 Å². The molecule has 7 heteroatoms. The SMILES string of the molecule is CN(CCCc1cc(-c2cccc(F)c2)n[nH]1)C(=O)CCCN.Cl. The zero-order valence-electron chi connectivity index (χ0n) is 13.8. The van der Waals surface area contributed by atoms with Gasteiger partial charge in [-0.25, -0.2) is 4.39 Å². The molecule has 0 atom stereocenters. The number of hydrogen-bond acceptors (Lipinski definition) is 3. The fraction of sp³-hybridized carbons (Fsp3) is 0.412. The first kappa shape index (κ1) is 20.1. The highest BCUT2D eigenvalue weighted by Crippen LogP contribution is 2.19. The van der Waals surface area contributed by atoms with Crippen LogP contribution < -0.4 is 5.73 Å². The van der Waals surface area contributed by atoms with E-state index >= 15 is 0 Å². The van der Waals surface area contributed by atoms with E-state index in [2.05, 4.69) is 10.2 Å². The molecule has 2 rings (SSSR count). The third kappa shape index (κ3) is 5.94. The van der Waals surface area contributed by atoms with Gasteiger partial charge in [0.15, 0.2) is 0 Å². The molecule has 1 aromatic carbocycles. The molecular formula is C17H24ClFN4O. The number of benzene rings is 1. The van der Waals surface area contributed by atoms with Gasteiger partial charge in [-0.2, -0.15) is 5.10 Å². The normalized spacial score (nSPS) is 10.3. The van der Waals surface area contributed by atoms with Crippen molar-refractivity contribution in [3.63, 3.8) is 0 Å². The number of nitrogens with zero attached hydrogens (tertiary/aromatic N) is 2. The summed E-state index contributed by atoms with van der Waals surface area (Å²) in [6.07, 6.45) is 2.86. The Bertz CT molecular complexity index is 647. The number of amides is 1. The molecule has 0 unspecified atom stereocenters. The number of carbonyl (C=O) groups excluding carboxylic acids is 1. The minimum atomic E-state index is -0.273. The lowest BCUT2D eigenvalue weighted by atomic mass is 10.1. The largest absolute Gasteiger partial charge is 0.346 e. The van der Waals surface area contributed by atoms with E-state index in [0.29, 0.717) is 19.5 Å². The van der Waals surface area contributed by atoms with Crippen LogP contribution in [-0.2, 0) is 11.2 Å². The second-order valence-corrected chi connectivity index (χ2v) is 5.60. The first-order valence-corrected chi connectivity index (χ1v) is 7.84. The lowest BCUT2D eigenvalue weighted by Gasteiger charge is -2.16. The molecule has 0 aliphatic heterocycles. The maximum absolute atomic E-state index is 13.2. The smallest absolute Gasteiger partial charge is 0.222 e. The minimum Gasteiger partial charge on any atom is -0.346 e. The van der Waals surface area contributed by atoms with Gasteiger partial charge in [0.05, 0.1) is 5.69 Å². The molecule has 5 nitrogen and oxygen atoms in total. The van der Waals surface area contributed by atoms with Crippen LogP contribution in [-0.4, -0.2) is 41.1 Å². The zero-order valence-corrected chi connectivity index (χ0v) is 14.6. The van der Waals surface area contributed by atoms with E-state index < -0.39 is 0 Å². The summed E-state index contributed by atoms with van der Waals surface area (Å²) < 4.78 is 13.2. The Balaban J connectivity index is 0.00000288. The van der Waals surface area contributed by atoms with Crippen molar-refractivity contribution in [3.8, 4) is 11.3 Å². The van der Waals surface area contributed by atoms with Crippen LogP contribution in [0.1, 0.15) is 25.0 Å². The summed E-state index contributed by atoms with van der Waals surface area (Å²) in [4.78, 5) is 13.5. The molecule has 0 saturated heterocycles. The fourth-order valence-electron chi connectivity index (χ4n) is 2.36. The van der Waals surface area contributed by atoms with E-state index in [1.54, 1.807) is 11.0 Å². The third-order valence-electron chi connectivity index (χ3n) is 3.71. The number of H-pyrrole nitrogens is 1. The summed E-state index contributed by atoms with van der Waals surface area (Å²) in [5.41, 5.74) is 7.87. The molecule has 0 fully saturated rings. The molecule has 132 valence electrons. The molecule has 1 heterocycles. The summed E-state index contributed by atoms with van der Waals surface area (Å²) in [6, 6.07) is 8.29. The third-order valence-corrected chi connectivity index (χ3v) is 3.71. The van der Waals surface area contributed by atoms with Crippen LogP contribution in [0.3, 0.4) is 0 Å². The van der Waals surface area contributed by atoms with E-state index in [0.717, 1.165) is 36.2 Å². The van der Waals surface area contributed by atoms with Gasteiger partial charge in [-0.3, -0.25) is 9.89 Å². The van der Waals surface area contributed by atoms with E-state index in [9.17, 15) is 9.18 Å². The number of nitrogens with two attached hydrogens (primary N) is 1. The summed E-state index contributed by atoms with van der Waals surface area (Å²) in [6.45, 7) is 1.23. The molecule has 2 aromatic rings. The van der Waals surface area contributed by atoms with Crippen molar-refractivity contribution in [2.24, 2.45) is 5.73 Å². The number of rotatable bonds is 8. The lowest BCUT2D eigenvalue weighted by Crippen LogP contribution is -2.28. The number of carbonyl (C=O) groups is 1. The van der Waals surface area contributed by atoms with Gasteiger partial charge in [0.1, 0.15) is 5.82 Å². The number of hydrogen-bond donors (Lipinski definition) is 2. The van der Waals surface area contributed by atoms with Gasteiger partial charge in [0.25, 0.3) is 0 Å². The molecule has 0 saturated carbocycles. The van der Waals surface area contributed by atoms with Crippen LogP contribution in [0.2, 0.25) is 0 Å². The Kier molecular flexibility index (Phi) is 8.43. The van der Waals surface area contributed by atoms with Crippen molar-refractivity contribution in [2.45, 2.75) is 25.7 Å². The Labute approximate surface area is 147 Å². The number of aryl methyl sites for hydroxylation is 1. The Hall–Kier alpha value is -1.92. The summed E-state index contributed by atoms with van der Waals surface area (Å²) in [5, 5.41) is 7.18. The fourth-order valence-corrected chi connectivity index (χ4v) is 2.36. The van der Waals surface area contributed by atoms with E-state index in [4.69, 9.17) is 5.73 Å². The molecule has 0 aliphatic carbocycles. The summed E-state index contributed by atoms with van der Waals surface area (Å²) in [5.74, 6) is -0.148. The Morgan fingerprint density at radius 2 is 2.12 bits per heavy atom. The first-order valence-electron chi connectivity index (χ1n) is 7.84. The average Bonchev–Trinajstić information content (AvgIpc) is 3.01. The summed E-state index contributed by atoms with van der Waals surface area (Å²) >= 11 is 0. The molecule has 0 radical (unpaired) electrons. The zero-order chi connectivity index (χ0) is 16.7. The molecule has 0 bridgehead atoms. The standard InChI is InChI=1S/C17H23FN4O.ClH/c1-22(17(23)8-3-9-19)10-4-7-15-12-16(21-20-15)13-5-2-6-14(18)11-13;/h2,5-6,11-12H,3-4,7-10,19H2,1H3,(H,20,21);1H. The maximum atomic E-state index is 13.2. The van der Waals surface area contributed by atoms with Gasteiger partial charge < -0.3 is 10.6 Å². The number of aromatic amines is 1. The van der Waals surface area contributed by atoms with Crippen LogP contribution in [0.4, 0.5) is 4.39 Å². The van der Waals surface area contributed by atoms with Crippen molar-refractivity contribution >= 4 is 18.3 Å². The van der Waals surface area contributed by atoms with Crippen LogP contribution >= 0.6 is 12.4 Å². The van der Waals surface area contributed by atoms with Crippen LogP contribution in [0, 0.1) is 5.82 Å². The van der Waals surface area contributed by atoms with Crippen LogP contribution in [0.15, 0.2) is 30.3 Å². The van der Waals surface area contributed by atoms with Crippen LogP contribution in [0.25, 0.3) is 11.3 Å². The van der Waals surface area contributed by atoms with Crippen LogP contribution in [0.5, 0.6) is 0 Å². The Morgan fingerprint density at radius 1 is 1.33 bits per heavy atom. The number of nitrogens with one attached hydrogen (secondary N) is 1. The quantitative estimate of drug-likeness (QED) is 0.765. The van der Waals surface area contributed by atoms with E-state index in [1.165, 1.54) is 12.1 Å². The van der Waals surface area contributed by atoms with Gasteiger partial charge in [-0.05, 0) is 44.0 Å². The van der Waals surface area contributed by atoms with Crippen molar-refractivity contribution in [3.05, 3.63) is 41.8 Å². The van der Waals surface area contributed by atoms with Gasteiger partial charge in [0, 0.05) is 31.3 Å². The molecule has 0 spiro atoms. The van der Waals surface area contributed by atoms with Crippen molar-refractivity contribution < 1.29 is 9.18 Å². The number of halogens is 2. The first-order chi connectivity index (χ1) is 11.1. The van der Waals surface area contributed by atoms with Gasteiger partial charge >= 0.3 is 0 Å². The van der Waals surface area contributed by atoms with Gasteiger partial charge in [-0.15, -0.1) is 12.4 Å². The molecule has 1 aromatic heterocycles. The second kappa shape index (κ2) is 10.1. The van der Waals surface area contributed by atoms with Gasteiger partial charge in [0.2, 0.25) is 5.91 Å². The Morgan fingerprint density at radius 3 is 2.83 bits per heavy atom. The second-order valence-electron chi connectivity index (χ2n) is 5.60. The average molecular weight is 355 g/mol. The number of aromatic nitrogens is 2. The molecule has 1 amide bonds. The molecule has 0 aliphatic rings. The maximum Gasteiger partial charge on any atom is 0.222 e. The topological polar surface area (TPSA) is 75.0 Å². The minimum absolute atomic E-state index is 0. The van der Waals surface area contributed by atoms with E-state index in [1.807, 2.05) is 19.2 Å². The van der Waals surface area contributed by atoms with E-state index in [-0.39, 0.29) is 24.1 Å². The molecule has 3 N–H and O–H groups in total. The highest BCUT2D eigenvalue weighted by Gasteiger charge is 2.09. The van der Waals surface area contributed by atoms with Crippen molar-refractivity contribution in [2.75, 3.05) is 20.1 Å². The highest BCUT2D eigenvalue weighted by atomic mass is 35.5. The van der Waals surface area contributed by atoms with Crippen molar-refractivity contribution in [1.29, 1.82) is 0 Å². The lowest BCUT2D eigenvalue weighted by molar-refractivity contribution is -0.130.